The largest absolute Gasteiger partial charge is 0.383 e. The Balaban J connectivity index is 2.03. The van der Waals surface area contributed by atoms with E-state index in [1.54, 1.807) is 36.5 Å². The second kappa shape index (κ2) is 7.15. The number of rotatable bonds is 5. The zero-order valence-electron chi connectivity index (χ0n) is 13.7. The van der Waals surface area contributed by atoms with Gasteiger partial charge in [0.05, 0.1) is 18.6 Å². The second-order valence-electron chi connectivity index (χ2n) is 5.73. The summed E-state index contributed by atoms with van der Waals surface area (Å²) in [6, 6.07) is 11.0. The molecule has 2 heterocycles. The molecule has 1 aliphatic heterocycles. The van der Waals surface area contributed by atoms with E-state index in [1.165, 1.54) is 0 Å². The minimum absolute atomic E-state index is 0.0510. The zero-order chi connectivity index (χ0) is 17.1. The lowest BCUT2D eigenvalue weighted by Crippen LogP contribution is -2.45. The van der Waals surface area contributed by atoms with Crippen molar-refractivity contribution in [2.24, 2.45) is 0 Å². The molecule has 1 aliphatic rings. The first-order valence-electron chi connectivity index (χ1n) is 7.81. The smallest absolute Gasteiger partial charge is 0.254 e. The lowest BCUT2D eigenvalue weighted by atomic mass is 9.82. The van der Waals surface area contributed by atoms with Crippen LogP contribution in [0.15, 0.2) is 41.8 Å². The van der Waals surface area contributed by atoms with Gasteiger partial charge in [0.15, 0.2) is 0 Å². The van der Waals surface area contributed by atoms with Gasteiger partial charge in [-0.25, -0.2) is 0 Å². The van der Waals surface area contributed by atoms with Crippen LogP contribution in [-0.2, 0) is 9.53 Å². The van der Waals surface area contributed by atoms with Crippen molar-refractivity contribution in [1.29, 1.82) is 0 Å². The minimum Gasteiger partial charge on any atom is -0.383 e. The number of thiophene rings is 1. The Bertz CT molecular complexity index is 730. The summed E-state index contributed by atoms with van der Waals surface area (Å²) in [5.41, 5.74) is 1.38. The number of hydrogen-bond donors (Lipinski definition) is 1. The number of ether oxygens (including phenoxy) is 1. The number of carbonyl (C=O) groups excluding carboxylic acids is 2. The quantitative estimate of drug-likeness (QED) is 0.848. The van der Waals surface area contributed by atoms with Crippen LogP contribution in [0.2, 0.25) is 0 Å². The maximum Gasteiger partial charge on any atom is 0.254 e. The van der Waals surface area contributed by atoms with Crippen LogP contribution >= 0.6 is 11.3 Å². The summed E-state index contributed by atoms with van der Waals surface area (Å²) in [6.45, 7) is 0.904. The van der Waals surface area contributed by atoms with Gasteiger partial charge in [-0.3, -0.25) is 9.59 Å². The monoisotopic (exact) mass is 344 g/mol. The minimum atomic E-state index is -0.431. The Kier molecular flexibility index (Phi) is 4.97. The number of nitrogens with zero attached hydrogens (tertiary/aromatic N) is 1. The van der Waals surface area contributed by atoms with E-state index in [2.05, 4.69) is 5.32 Å². The molecule has 2 aromatic rings. The number of hydrogen-bond acceptors (Lipinski definition) is 4. The van der Waals surface area contributed by atoms with Crippen LogP contribution in [0.1, 0.15) is 32.8 Å². The third-order valence-electron chi connectivity index (χ3n) is 4.30. The van der Waals surface area contributed by atoms with Crippen LogP contribution in [0.5, 0.6) is 0 Å². The molecule has 2 amide bonds. The summed E-state index contributed by atoms with van der Waals surface area (Å²) in [6.07, 6.45) is 0. The second-order valence-corrected chi connectivity index (χ2v) is 6.70. The Morgan fingerprint density at radius 3 is 2.79 bits per heavy atom. The van der Waals surface area contributed by atoms with Gasteiger partial charge in [-0.1, -0.05) is 24.3 Å². The van der Waals surface area contributed by atoms with E-state index in [9.17, 15) is 9.59 Å². The Hall–Kier alpha value is -2.18. The lowest BCUT2D eigenvalue weighted by molar-refractivity contribution is -0.124. The van der Waals surface area contributed by atoms with E-state index in [1.807, 2.05) is 35.7 Å². The number of carbonyl (C=O) groups is 2. The molecule has 0 saturated heterocycles. The first kappa shape index (κ1) is 16.7. The molecule has 0 fully saturated rings. The normalized spacial score (nSPS) is 19.9. The van der Waals surface area contributed by atoms with E-state index >= 15 is 0 Å². The predicted octanol–water partition coefficient (Wildman–Crippen LogP) is 2.42. The van der Waals surface area contributed by atoms with Crippen molar-refractivity contribution < 1.29 is 14.3 Å². The number of fused-ring (bicyclic) bond motifs is 1. The molecule has 6 heteroatoms. The van der Waals surface area contributed by atoms with Gasteiger partial charge in [0.1, 0.15) is 0 Å². The van der Waals surface area contributed by atoms with Gasteiger partial charge < -0.3 is 15.0 Å². The number of benzene rings is 1. The fourth-order valence-electron chi connectivity index (χ4n) is 3.16. The van der Waals surface area contributed by atoms with Gasteiger partial charge in [-0.2, -0.15) is 0 Å². The van der Waals surface area contributed by atoms with Crippen molar-refractivity contribution in [1.82, 2.24) is 10.2 Å². The fourth-order valence-corrected chi connectivity index (χ4v) is 4.06. The number of nitrogens with one attached hydrogen (secondary N) is 1. The maximum atomic E-state index is 12.9. The average Bonchev–Trinajstić information content (AvgIpc) is 3.12. The molecule has 0 unspecified atom stereocenters. The van der Waals surface area contributed by atoms with Crippen LogP contribution in [-0.4, -0.2) is 44.0 Å². The molecule has 2 atom stereocenters. The topological polar surface area (TPSA) is 58.6 Å². The molecule has 1 aromatic heterocycles. The van der Waals surface area contributed by atoms with E-state index in [4.69, 9.17) is 4.74 Å². The molecule has 0 saturated carbocycles. The molecule has 5 nitrogen and oxygen atoms in total. The van der Waals surface area contributed by atoms with Gasteiger partial charge in [-0.05, 0) is 23.1 Å². The summed E-state index contributed by atoms with van der Waals surface area (Å²) in [4.78, 5) is 28.3. The molecule has 0 radical (unpaired) electrons. The van der Waals surface area contributed by atoms with Gasteiger partial charge in [0.2, 0.25) is 5.91 Å². The van der Waals surface area contributed by atoms with Crippen LogP contribution in [0.3, 0.4) is 0 Å². The third kappa shape index (κ3) is 2.95. The van der Waals surface area contributed by atoms with Crippen LogP contribution in [0.4, 0.5) is 0 Å². The maximum absolute atomic E-state index is 12.9. The van der Waals surface area contributed by atoms with Crippen molar-refractivity contribution in [3.63, 3.8) is 0 Å². The number of methoxy groups -OCH3 is 1. The summed E-state index contributed by atoms with van der Waals surface area (Å²) in [7, 11) is 3.36. The number of amides is 2. The van der Waals surface area contributed by atoms with Crippen molar-refractivity contribution in [3.05, 3.63) is 57.8 Å². The van der Waals surface area contributed by atoms with Crippen molar-refractivity contribution in [2.75, 3.05) is 27.3 Å². The van der Waals surface area contributed by atoms with Gasteiger partial charge >= 0.3 is 0 Å². The highest BCUT2D eigenvalue weighted by Crippen LogP contribution is 2.43. The molecule has 1 N–H and O–H groups in total. The molecule has 0 aliphatic carbocycles. The fraction of sp³-hybridized carbons (Fsp3) is 0.333. The van der Waals surface area contributed by atoms with Gasteiger partial charge in [-0.15, -0.1) is 11.3 Å². The third-order valence-corrected chi connectivity index (χ3v) is 5.25. The first-order chi connectivity index (χ1) is 11.6. The highest BCUT2D eigenvalue weighted by atomic mass is 32.1. The van der Waals surface area contributed by atoms with Crippen LogP contribution in [0, 0.1) is 0 Å². The predicted molar refractivity (Wildman–Crippen MR) is 93.2 cm³/mol. The van der Waals surface area contributed by atoms with Crippen molar-refractivity contribution in [2.45, 2.75) is 12.0 Å². The molecular formula is C18H20N2O3S. The van der Waals surface area contributed by atoms with Gasteiger partial charge in [0, 0.05) is 31.1 Å². The summed E-state index contributed by atoms with van der Waals surface area (Å²) < 4.78 is 5.01. The first-order valence-corrected chi connectivity index (χ1v) is 8.69. The molecule has 126 valence electrons. The molecule has 3 rings (SSSR count). The zero-order valence-corrected chi connectivity index (χ0v) is 14.5. The number of likely N-dealkylation sites (N-methyl/N-ethyl adjacent to an activating group) is 1. The summed E-state index contributed by atoms with van der Waals surface area (Å²) >= 11 is 1.56. The molecule has 0 bridgehead atoms. The summed E-state index contributed by atoms with van der Waals surface area (Å²) in [5.74, 6) is -0.568. The Morgan fingerprint density at radius 2 is 2.08 bits per heavy atom. The lowest BCUT2D eigenvalue weighted by Gasteiger charge is -2.39. The SMILES string of the molecule is COCCNC(=O)[C@@H]1c2ccccc2C(=O)N(C)[C@H]1c1cccs1. The van der Waals surface area contributed by atoms with E-state index in [0.717, 1.165) is 10.4 Å². The van der Waals surface area contributed by atoms with Gasteiger partial charge in [0.25, 0.3) is 5.91 Å². The van der Waals surface area contributed by atoms with Crippen molar-refractivity contribution in [3.8, 4) is 0 Å². The van der Waals surface area contributed by atoms with E-state index in [-0.39, 0.29) is 17.9 Å². The van der Waals surface area contributed by atoms with Crippen molar-refractivity contribution >= 4 is 23.2 Å². The Morgan fingerprint density at radius 1 is 1.29 bits per heavy atom. The van der Waals surface area contributed by atoms with E-state index in [0.29, 0.717) is 18.7 Å². The molecule has 1 aromatic carbocycles. The molecule has 0 spiro atoms. The Labute approximate surface area is 145 Å². The highest BCUT2D eigenvalue weighted by molar-refractivity contribution is 7.10. The molecule has 24 heavy (non-hydrogen) atoms. The van der Waals surface area contributed by atoms with Crippen LogP contribution < -0.4 is 5.32 Å². The summed E-state index contributed by atoms with van der Waals surface area (Å²) in [5, 5.41) is 4.89. The average molecular weight is 344 g/mol. The highest BCUT2D eigenvalue weighted by Gasteiger charge is 2.42. The van der Waals surface area contributed by atoms with E-state index < -0.39 is 5.92 Å². The van der Waals surface area contributed by atoms with Crippen LogP contribution in [0.25, 0.3) is 0 Å². The standard InChI is InChI=1S/C18H20N2O3S/c1-20-16(14-8-5-11-24-14)15(17(21)19-9-10-23-2)12-6-3-4-7-13(12)18(20)22/h3-8,11,15-16H,9-10H2,1-2H3,(H,19,21)/t15-,16+/m1/s1. The molecular weight excluding hydrogens is 324 g/mol.